The normalized spacial score (nSPS) is 15.7. The van der Waals surface area contributed by atoms with E-state index in [0.29, 0.717) is 0 Å². The van der Waals surface area contributed by atoms with Crippen LogP contribution in [0.3, 0.4) is 0 Å². The second kappa shape index (κ2) is 7.14. The Kier molecular flexibility index (Phi) is 5.05. The molecule has 1 aliphatic rings. The van der Waals surface area contributed by atoms with Gasteiger partial charge in [-0.1, -0.05) is 37.3 Å². The molecule has 0 unspecified atom stereocenters. The number of hydrogen-bond donors (Lipinski definition) is 0. The van der Waals surface area contributed by atoms with Crippen LogP contribution in [0.5, 0.6) is 0 Å². The summed E-state index contributed by atoms with van der Waals surface area (Å²) in [6, 6.07) is 10.2. The van der Waals surface area contributed by atoms with Crippen molar-refractivity contribution in [3.63, 3.8) is 0 Å². The number of hydrogen-bond acceptors (Lipinski definition) is 5. The van der Waals surface area contributed by atoms with E-state index >= 15 is 0 Å². The maximum absolute atomic E-state index is 12.5. The Balaban J connectivity index is 2.10. The first-order valence-corrected chi connectivity index (χ1v) is 9.06. The quantitative estimate of drug-likeness (QED) is 0.613. The van der Waals surface area contributed by atoms with Gasteiger partial charge in [0.1, 0.15) is 0 Å². The number of ether oxygens (including phenoxy) is 2. The fourth-order valence-corrected chi connectivity index (χ4v) is 4.16. The second-order valence-corrected chi connectivity index (χ2v) is 7.22. The first-order valence-electron chi connectivity index (χ1n) is 9.06. The fraction of sp³-hybridized carbons (Fsp3) is 0.409. The predicted molar refractivity (Wildman–Crippen MR) is 102 cm³/mol. The minimum absolute atomic E-state index is 0.112. The largest absolute Gasteiger partial charge is 0.468 e. The lowest BCUT2D eigenvalue weighted by atomic mass is 9.84. The number of aromatic nitrogens is 1. The lowest BCUT2D eigenvalue weighted by molar-refractivity contribution is -0.168. The van der Waals surface area contributed by atoms with E-state index in [9.17, 15) is 9.59 Å². The zero-order valence-electron chi connectivity index (χ0n) is 16.5. The van der Waals surface area contributed by atoms with E-state index in [-0.39, 0.29) is 18.8 Å². The molecule has 2 aromatic rings. The van der Waals surface area contributed by atoms with Crippen LogP contribution in [0.2, 0.25) is 0 Å². The molecule has 0 saturated heterocycles. The predicted octanol–water partition coefficient (Wildman–Crippen LogP) is 3.28. The summed E-state index contributed by atoms with van der Waals surface area (Å²) < 4.78 is 9.92. The number of nitrogens with zero attached hydrogens (tertiary/aromatic N) is 1. The lowest BCUT2D eigenvalue weighted by Crippen LogP contribution is -2.42. The van der Waals surface area contributed by atoms with Crippen LogP contribution in [-0.4, -0.2) is 31.1 Å². The maximum Gasteiger partial charge on any atom is 0.323 e. The molecule has 5 nitrogen and oxygen atoms in total. The average molecular weight is 367 g/mol. The molecule has 27 heavy (non-hydrogen) atoms. The van der Waals surface area contributed by atoms with Crippen molar-refractivity contribution in [1.29, 1.82) is 0 Å². The first-order chi connectivity index (χ1) is 12.9. The van der Waals surface area contributed by atoms with Crippen LogP contribution >= 0.6 is 0 Å². The number of esters is 2. The molecule has 0 aliphatic heterocycles. The van der Waals surface area contributed by atoms with Crippen LogP contribution in [0.4, 0.5) is 0 Å². The summed E-state index contributed by atoms with van der Waals surface area (Å²) in [6.45, 7) is 6.08. The summed E-state index contributed by atoms with van der Waals surface area (Å²) in [5, 5.41) is 0. The summed E-state index contributed by atoms with van der Waals surface area (Å²) in [4.78, 5) is 29.9. The van der Waals surface area contributed by atoms with Gasteiger partial charge in [-0.2, -0.15) is 0 Å². The molecular formula is C22H25NO4. The molecule has 5 heteroatoms. The third-order valence-electron chi connectivity index (χ3n) is 5.75. The molecule has 0 spiro atoms. The topological polar surface area (TPSA) is 65.5 Å². The Labute approximate surface area is 159 Å². The van der Waals surface area contributed by atoms with Gasteiger partial charge < -0.3 is 9.47 Å². The van der Waals surface area contributed by atoms with Crippen molar-refractivity contribution in [2.45, 2.75) is 39.5 Å². The molecule has 1 atom stereocenters. The van der Waals surface area contributed by atoms with Gasteiger partial charge in [0.15, 0.2) is 5.41 Å². The zero-order valence-corrected chi connectivity index (χ0v) is 16.5. The van der Waals surface area contributed by atoms with Gasteiger partial charge in [0.2, 0.25) is 0 Å². The van der Waals surface area contributed by atoms with Crippen molar-refractivity contribution < 1.29 is 19.1 Å². The van der Waals surface area contributed by atoms with E-state index in [1.165, 1.54) is 19.8 Å². The third kappa shape index (κ3) is 3.01. The molecule has 1 aromatic heterocycles. The summed E-state index contributed by atoms with van der Waals surface area (Å²) >= 11 is 0. The van der Waals surface area contributed by atoms with Crippen molar-refractivity contribution >= 4 is 11.9 Å². The van der Waals surface area contributed by atoms with Crippen LogP contribution in [-0.2, 0) is 31.9 Å². The van der Waals surface area contributed by atoms with Gasteiger partial charge in [-0.05, 0) is 36.1 Å². The van der Waals surface area contributed by atoms with Gasteiger partial charge in [0, 0.05) is 24.5 Å². The molecule has 1 aromatic carbocycles. The zero-order chi connectivity index (χ0) is 19.8. The highest BCUT2D eigenvalue weighted by molar-refractivity contribution is 6.01. The van der Waals surface area contributed by atoms with E-state index < -0.39 is 17.4 Å². The Morgan fingerprint density at radius 3 is 2.11 bits per heavy atom. The summed E-state index contributed by atoms with van der Waals surface area (Å²) in [5.41, 5.74) is 4.67. The van der Waals surface area contributed by atoms with Crippen molar-refractivity contribution in [3.8, 4) is 0 Å². The first kappa shape index (κ1) is 19.1. The van der Waals surface area contributed by atoms with E-state index in [0.717, 1.165) is 28.1 Å². The second-order valence-electron chi connectivity index (χ2n) is 7.22. The highest BCUT2D eigenvalue weighted by atomic mass is 16.5. The van der Waals surface area contributed by atoms with Crippen LogP contribution in [0.15, 0.2) is 30.3 Å². The molecule has 3 rings (SSSR count). The maximum atomic E-state index is 12.5. The molecule has 0 amide bonds. The minimum atomic E-state index is -1.32. The van der Waals surface area contributed by atoms with Gasteiger partial charge in [0.25, 0.3) is 0 Å². The molecule has 1 heterocycles. The van der Waals surface area contributed by atoms with Crippen molar-refractivity contribution in [3.05, 3.63) is 64.0 Å². The van der Waals surface area contributed by atoms with Gasteiger partial charge in [-0.15, -0.1) is 0 Å². The molecule has 1 aliphatic carbocycles. The summed E-state index contributed by atoms with van der Waals surface area (Å²) in [7, 11) is 2.60. The number of aryl methyl sites for hydroxylation is 1. The Bertz CT molecular complexity index is 873. The Hall–Kier alpha value is -2.69. The monoisotopic (exact) mass is 367 g/mol. The molecule has 0 saturated carbocycles. The van der Waals surface area contributed by atoms with E-state index in [1.54, 1.807) is 0 Å². The van der Waals surface area contributed by atoms with Crippen molar-refractivity contribution in [2.75, 3.05) is 14.2 Å². The highest BCUT2D eigenvalue weighted by Crippen LogP contribution is 2.43. The number of benzene rings is 1. The Morgan fingerprint density at radius 2 is 1.56 bits per heavy atom. The summed E-state index contributed by atoms with van der Waals surface area (Å²) in [5.74, 6) is -0.995. The molecule has 0 N–H and O–H groups in total. The molecule has 0 bridgehead atoms. The van der Waals surface area contributed by atoms with E-state index in [2.05, 4.69) is 19.1 Å². The number of pyridine rings is 1. The number of carbonyl (C=O) groups excluding carboxylic acids is 2. The SMILES string of the molecule is COC(=O)C1(C(=O)OC)Cc2c(C)nc([C@H](C)c3ccccc3)c(C)c2C1. The number of carbonyl (C=O) groups is 2. The summed E-state index contributed by atoms with van der Waals surface area (Å²) in [6.07, 6.45) is 0.548. The van der Waals surface area contributed by atoms with E-state index in [4.69, 9.17) is 14.5 Å². The fourth-order valence-electron chi connectivity index (χ4n) is 4.16. The highest BCUT2D eigenvalue weighted by Gasteiger charge is 2.53. The van der Waals surface area contributed by atoms with Crippen molar-refractivity contribution in [2.24, 2.45) is 5.41 Å². The number of methoxy groups -OCH3 is 2. The average Bonchev–Trinajstić information content (AvgIpc) is 3.12. The van der Waals surface area contributed by atoms with Crippen LogP contribution in [0.1, 0.15) is 46.5 Å². The van der Waals surface area contributed by atoms with Crippen LogP contribution < -0.4 is 0 Å². The van der Waals surface area contributed by atoms with Crippen molar-refractivity contribution in [1.82, 2.24) is 4.98 Å². The lowest BCUT2D eigenvalue weighted by Gasteiger charge is -2.22. The van der Waals surface area contributed by atoms with Gasteiger partial charge in [0.05, 0.1) is 19.9 Å². The smallest absolute Gasteiger partial charge is 0.323 e. The number of rotatable bonds is 4. The minimum Gasteiger partial charge on any atom is -0.468 e. The molecule has 0 radical (unpaired) electrons. The number of fused-ring (bicyclic) bond motifs is 1. The standard InChI is InChI=1S/C22H25NO4/c1-13(16-9-7-6-8-10-16)19-14(2)17-11-22(20(24)26-4,21(25)27-5)12-18(17)15(3)23-19/h6-10,13H,11-12H2,1-5H3/t13-/m1/s1. The van der Waals surface area contributed by atoms with Gasteiger partial charge >= 0.3 is 11.9 Å². The molecule has 0 fully saturated rings. The van der Waals surface area contributed by atoms with Crippen LogP contribution in [0.25, 0.3) is 0 Å². The van der Waals surface area contributed by atoms with E-state index in [1.807, 2.05) is 32.0 Å². The van der Waals surface area contributed by atoms with Crippen LogP contribution in [0, 0.1) is 19.3 Å². The third-order valence-corrected chi connectivity index (χ3v) is 5.75. The molecule has 142 valence electrons. The van der Waals surface area contributed by atoms with Gasteiger partial charge in [-0.25, -0.2) is 0 Å². The Morgan fingerprint density at radius 1 is 1.00 bits per heavy atom. The van der Waals surface area contributed by atoms with Gasteiger partial charge in [-0.3, -0.25) is 14.6 Å². The molecular weight excluding hydrogens is 342 g/mol.